The summed E-state index contributed by atoms with van der Waals surface area (Å²) in [6.07, 6.45) is 2.47. The Morgan fingerprint density at radius 1 is 1.38 bits per heavy atom. The Hall–Kier alpha value is -1.82. The molecule has 1 saturated heterocycles. The highest BCUT2D eigenvalue weighted by molar-refractivity contribution is 5.93. The number of carbonyl (C=O) groups excluding carboxylic acids is 2. The fourth-order valence-corrected chi connectivity index (χ4v) is 1.45. The van der Waals surface area contributed by atoms with Crippen LogP contribution in [0.15, 0.2) is 22.8 Å². The fourth-order valence-electron chi connectivity index (χ4n) is 1.45. The molecule has 0 aliphatic carbocycles. The van der Waals surface area contributed by atoms with Crippen LogP contribution in [0.2, 0.25) is 0 Å². The van der Waals surface area contributed by atoms with Gasteiger partial charge in [-0.15, -0.1) is 0 Å². The minimum Gasteiger partial charge on any atom is -0.459 e. The summed E-state index contributed by atoms with van der Waals surface area (Å²) in [5.74, 6) is -0.679. The fraction of sp³-hybridized carbons (Fsp3) is 0.400. The normalized spacial score (nSPS) is 19.4. The molecule has 6 heteroatoms. The van der Waals surface area contributed by atoms with E-state index in [0.717, 1.165) is 6.42 Å². The monoisotopic (exact) mass is 224 g/mol. The van der Waals surface area contributed by atoms with Crippen molar-refractivity contribution in [3.8, 4) is 0 Å². The molecule has 1 fully saturated rings. The number of hydrazine groups is 1. The highest BCUT2D eigenvalue weighted by Crippen LogP contribution is 2.11. The summed E-state index contributed by atoms with van der Waals surface area (Å²) in [5.41, 5.74) is 4.54. The lowest BCUT2D eigenvalue weighted by molar-refractivity contribution is -0.130. The number of amides is 2. The van der Waals surface area contributed by atoms with Gasteiger partial charge in [-0.2, -0.15) is 0 Å². The average molecular weight is 224 g/mol. The van der Waals surface area contributed by atoms with Crippen molar-refractivity contribution in [1.29, 1.82) is 0 Å². The van der Waals surface area contributed by atoms with Crippen molar-refractivity contribution < 1.29 is 18.7 Å². The van der Waals surface area contributed by atoms with Crippen LogP contribution >= 0.6 is 0 Å². The van der Waals surface area contributed by atoms with Crippen LogP contribution in [0.5, 0.6) is 0 Å². The van der Waals surface area contributed by atoms with Crippen LogP contribution in [0.3, 0.4) is 0 Å². The number of carbonyl (C=O) groups is 2. The van der Waals surface area contributed by atoms with Gasteiger partial charge in [-0.25, -0.2) is 0 Å². The van der Waals surface area contributed by atoms with Crippen LogP contribution in [-0.2, 0) is 9.53 Å². The first-order valence-corrected chi connectivity index (χ1v) is 5.02. The molecule has 6 nitrogen and oxygen atoms in total. The summed E-state index contributed by atoms with van der Waals surface area (Å²) < 4.78 is 10.0. The number of nitrogens with one attached hydrogen (secondary N) is 2. The molecule has 0 aromatic carbocycles. The third-order valence-corrected chi connectivity index (χ3v) is 2.27. The summed E-state index contributed by atoms with van der Waals surface area (Å²) in [6, 6.07) is 3.10. The van der Waals surface area contributed by atoms with E-state index in [1.807, 2.05) is 0 Å². The second-order valence-corrected chi connectivity index (χ2v) is 3.42. The van der Waals surface area contributed by atoms with E-state index < -0.39 is 12.0 Å². The number of ether oxygens (including phenoxy) is 1. The maximum absolute atomic E-state index is 11.4. The Labute approximate surface area is 91.9 Å². The Bertz CT molecular complexity index is 368. The Kier molecular flexibility index (Phi) is 3.21. The van der Waals surface area contributed by atoms with Gasteiger partial charge in [-0.05, 0) is 25.0 Å². The van der Waals surface area contributed by atoms with Gasteiger partial charge in [0.15, 0.2) is 5.76 Å². The second-order valence-electron chi connectivity index (χ2n) is 3.42. The Morgan fingerprint density at radius 3 is 2.88 bits per heavy atom. The van der Waals surface area contributed by atoms with E-state index in [4.69, 9.17) is 9.15 Å². The van der Waals surface area contributed by atoms with Gasteiger partial charge >= 0.3 is 5.91 Å². The van der Waals surface area contributed by atoms with E-state index in [9.17, 15) is 9.59 Å². The van der Waals surface area contributed by atoms with Gasteiger partial charge in [0.05, 0.1) is 6.26 Å². The molecule has 1 aliphatic rings. The van der Waals surface area contributed by atoms with E-state index in [-0.39, 0.29) is 11.7 Å². The molecule has 0 unspecified atom stereocenters. The number of furan rings is 1. The molecule has 16 heavy (non-hydrogen) atoms. The highest BCUT2D eigenvalue weighted by Gasteiger charge is 2.23. The number of hydrogen-bond acceptors (Lipinski definition) is 4. The standard InChI is InChI=1S/C10H12N2O4/c13-9(7-3-1-5-15-7)11-12-10(14)8-4-2-6-16-8/h1,3,5,8H,2,4,6H2,(H,11,13)(H,12,14)/t8-/m0/s1. The van der Waals surface area contributed by atoms with Crippen molar-refractivity contribution in [2.45, 2.75) is 18.9 Å². The van der Waals surface area contributed by atoms with E-state index in [2.05, 4.69) is 10.9 Å². The molecule has 1 aromatic rings. The average Bonchev–Trinajstić information content (AvgIpc) is 2.95. The molecule has 0 saturated carbocycles. The summed E-state index contributed by atoms with van der Waals surface area (Å²) in [4.78, 5) is 22.8. The van der Waals surface area contributed by atoms with E-state index in [0.29, 0.717) is 13.0 Å². The summed E-state index contributed by atoms with van der Waals surface area (Å²) >= 11 is 0. The maximum Gasteiger partial charge on any atom is 0.305 e. The van der Waals surface area contributed by atoms with Crippen molar-refractivity contribution in [3.05, 3.63) is 24.2 Å². The maximum atomic E-state index is 11.4. The van der Waals surface area contributed by atoms with Crippen LogP contribution in [-0.4, -0.2) is 24.5 Å². The Balaban J connectivity index is 1.79. The van der Waals surface area contributed by atoms with E-state index >= 15 is 0 Å². The molecule has 2 amide bonds. The third-order valence-electron chi connectivity index (χ3n) is 2.27. The number of rotatable bonds is 2. The van der Waals surface area contributed by atoms with Gasteiger partial charge in [0.1, 0.15) is 6.10 Å². The molecule has 0 spiro atoms. The predicted molar refractivity (Wildman–Crippen MR) is 53.3 cm³/mol. The van der Waals surface area contributed by atoms with Gasteiger partial charge in [-0.3, -0.25) is 20.4 Å². The topological polar surface area (TPSA) is 80.6 Å². The van der Waals surface area contributed by atoms with Crippen LogP contribution in [0, 0.1) is 0 Å². The first-order chi connectivity index (χ1) is 7.77. The molecule has 2 heterocycles. The minimum atomic E-state index is -0.489. The second kappa shape index (κ2) is 4.80. The van der Waals surface area contributed by atoms with E-state index in [1.54, 1.807) is 6.07 Å². The van der Waals surface area contributed by atoms with Crippen molar-refractivity contribution in [1.82, 2.24) is 10.9 Å². The van der Waals surface area contributed by atoms with Crippen LogP contribution in [0.1, 0.15) is 23.4 Å². The first kappa shape index (κ1) is 10.7. The number of hydrogen-bond donors (Lipinski definition) is 2. The first-order valence-electron chi connectivity index (χ1n) is 5.02. The van der Waals surface area contributed by atoms with Crippen molar-refractivity contribution in [2.24, 2.45) is 0 Å². The van der Waals surface area contributed by atoms with Crippen LogP contribution < -0.4 is 10.9 Å². The van der Waals surface area contributed by atoms with E-state index in [1.165, 1.54) is 12.3 Å². The zero-order chi connectivity index (χ0) is 11.4. The zero-order valence-corrected chi connectivity index (χ0v) is 8.56. The van der Waals surface area contributed by atoms with Gasteiger partial charge in [0.2, 0.25) is 0 Å². The quantitative estimate of drug-likeness (QED) is 0.704. The molecule has 1 aromatic heterocycles. The molecule has 1 atom stereocenters. The molecule has 86 valence electrons. The van der Waals surface area contributed by atoms with Gasteiger partial charge in [0, 0.05) is 6.61 Å². The smallest absolute Gasteiger partial charge is 0.305 e. The SMILES string of the molecule is O=C(NNC(=O)[C@@H]1CCCO1)c1ccco1. The lowest BCUT2D eigenvalue weighted by Crippen LogP contribution is -2.46. The minimum absolute atomic E-state index is 0.146. The molecular weight excluding hydrogens is 212 g/mol. The Morgan fingerprint density at radius 2 is 2.25 bits per heavy atom. The zero-order valence-electron chi connectivity index (χ0n) is 8.56. The molecule has 2 N–H and O–H groups in total. The molecule has 1 aliphatic heterocycles. The highest BCUT2D eigenvalue weighted by atomic mass is 16.5. The lowest BCUT2D eigenvalue weighted by Gasteiger charge is -2.10. The summed E-state index contributed by atoms with van der Waals surface area (Å²) in [7, 11) is 0. The van der Waals surface area contributed by atoms with Crippen molar-refractivity contribution in [2.75, 3.05) is 6.61 Å². The van der Waals surface area contributed by atoms with Gasteiger partial charge in [-0.1, -0.05) is 0 Å². The summed E-state index contributed by atoms with van der Waals surface area (Å²) in [6.45, 7) is 0.588. The van der Waals surface area contributed by atoms with Crippen LogP contribution in [0.25, 0.3) is 0 Å². The summed E-state index contributed by atoms with van der Waals surface area (Å²) in [5, 5.41) is 0. The largest absolute Gasteiger partial charge is 0.459 e. The third kappa shape index (κ3) is 2.40. The van der Waals surface area contributed by atoms with Gasteiger partial charge < -0.3 is 9.15 Å². The van der Waals surface area contributed by atoms with Gasteiger partial charge in [0.25, 0.3) is 5.91 Å². The van der Waals surface area contributed by atoms with Crippen LogP contribution in [0.4, 0.5) is 0 Å². The molecule has 2 rings (SSSR count). The molecule has 0 radical (unpaired) electrons. The van der Waals surface area contributed by atoms with Crippen molar-refractivity contribution >= 4 is 11.8 Å². The molecular formula is C10H12N2O4. The lowest BCUT2D eigenvalue weighted by atomic mass is 10.2. The van der Waals surface area contributed by atoms with Crippen molar-refractivity contribution in [3.63, 3.8) is 0 Å². The molecule has 0 bridgehead atoms. The predicted octanol–water partition coefficient (Wildman–Crippen LogP) is 0.220.